The maximum atomic E-state index is 14.4. The first kappa shape index (κ1) is 33.8. The van der Waals surface area contributed by atoms with Crippen LogP contribution < -0.4 is 33.3 Å². The molecule has 0 aliphatic rings. The fraction of sp³-hybridized carbons (Fsp3) is 0.355. The quantitative estimate of drug-likeness (QED) is 0.268. The summed E-state index contributed by atoms with van der Waals surface area (Å²) in [6, 6.07) is 14.9. The summed E-state index contributed by atoms with van der Waals surface area (Å²) in [6.07, 6.45) is 0.278. The Kier molecular flexibility index (Phi) is 11.7. The predicted molar refractivity (Wildman–Crippen MR) is 165 cm³/mol. The minimum Gasteiger partial charge on any atom is -0.497 e. The summed E-state index contributed by atoms with van der Waals surface area (Å²) in [5.74, 6) is 0.582. The zero-order valence-corrected chi connectivity index (χ0v) is 26.8. The van der Waals surface area contributed by atoms with Gasteiger partial charge in [-0.2, -0.15) is 0 Å². The largest absolute Gasteiger partial charge is 0.497 e. The lowest BCUT2D eigenvalue weighted by Gasteiger charge is -2.33. The van der Waals surface area contributed by atoms with Gasteiger partial charge < -0.3 is 33.9 Å². The predicted octanol–water partition coefficient (Wildman–Crippen LogP) is 3.48. The highest BCUT2D eigenvalue weighted by molar-refractivity contribution is 7.92. The first-order valence-corrected chi connectivity index (χ1v) is 15.1. The maximum absolute atomic E-state index is 14.4. The number of hydrogen-bond acceptors (Lipinski definition) is 9. The fourth-order valence-electron chi connectivity index (χ4n) is 4.66. The summed E-state index contributed by atoms with van der Waals surface area (Å²) in [7, 11) is 4.22. The van der Waals surface area contributed by atoms with Crippen LogP contribution in [0.3, 0.4) is 0 Å². The van der Waals surface area contributed by atoms with Crippen molar-refractivity contribution >= 4 is 27.5 Å². The summed E-state index contributed by atoms with van der Waals surface area (Å²) in [5.41, 5.74) is 0.748. The number of sulfonamides is 1. The second-order valence-electron chi connectivity index (χ2n) is 9.48. The van der Waals surface area contributed by atoms with Gasteiger partial charge in [-0.15, -0.1) is 0 Å². The van der Waals surface area contributed by atoms with Gasteiger partial charge in [0.1, 0.15) is 29.8 Å². The van der Waals surface area contributed by atoms with Crippen molar-refractivity contribution in [3.8, 4) is 28.7 Å². The molecule has 0 unspecified atom stereocenters. The van der Waals surface area contributed by atoms with E-state index in [1.807, 2.05) is 0 Å². The highest BCUT2D eigenvalue weighted by Crippen LogP contribution is 2.38. The number of nitrogens with one attached hydrogen (secondary N) is 1. The molecule has 0 heterocycles. The van der Waals surface area contributed by atoms with Gasteiger partial charge in [0.2, 0.25) is 11.8 Å². The normalized spacial score (nSPS) is 11.6. The summed E-state index contributed by atoms with van der Waals surface area (Å²) in [6.45, 7) is 1.12. The molecule has 0 bridgehead atoms. The molecule has 2 amide bonds. The SMILES string of the molecule is CC[C@H](C(=O)NC)N(Cc1cccc(OC)c1)C(=O)CN(c1cc(OC)ccc1OC)S(=O)(=O)c1ccc(OC)c(OC)c1. The molecule has 1 atom stereocenters. The van der Waals surface area contributed by atoms with Crippen LogP contribution in [0.5, 0.6) is 28.7 Å². The molecule has 0 radical (unpaired) electrons. The Bertz CT molecular complexity index is 1560. The molecular weight excluding hydrogens is 590 g/mol. The van der Waals surface area contributed by atoms with E-state index in [0.717, 1.165) is 4.31 Å². The number of nitrogens with zero attached hydrogens (tertiary/aromatic N) is 2. The molecule has 0 aliphatic heterocycles. The first-order valence-electron chi connectivity index (χ1n) is 13.7. The molecule has 0 saturated heterocycles. The van der Waals surface area contributed by atoms with Gasteiger partial charge in [0.15, 0.2) is 11.5 Å². The first-order chi connectivity index (χ1) is 21.1. The average Bonchev–Trinajstić information content (AvgIpc) is 3.05. The lowest BCUT2D eigenvalue weighted by molar-refractivity contribution is -0.140. The molecule has 0 saturated carbocycles. The van der Waals surface area contributed by atoms with Crippen molar-refractivity contribution < 1.29 is 41.7 Å². The van der Waals surface area contributed by atoms with Crippen LogP contribution in [0, 0.1) is 0 Å². The zero-order chi connectivity index (χ0) is 32.4. The highest BCUT2D eigenvalue weighted by atomic mass is 32.2. The monoisotopic (exact) mass is 629 g/mol. The van der Waals surface area contributed by atoms with Gasteiger partial charge in [-0.25, -0.2) is 8.42 Å². The van der Waals surface area contributed by atoms with Crippen molar-refractivity contribution in [2.45, 2.75) is 30.8 Å². The van der Waals surface area contributed by atoms with Crippen LogP contribution in [0.4, 0.5) is 5.69 Å². The molecule has 12 nitrogen and oxygen atoms in total. The lowest BCUT2D eigenvalue weighted by atomic mass is 10.1. The second-order valence-corrected chi connectivity index (χ2v) is 11.3. The van der Waals surface area contributed by atoms with Crippen LogP contribution in [-0.2, 0) is 26.2 Å². The van der Waals surface area contributed by atoms with Gasteiger partial charge >= 0.3 is 0 Å². The van der Waals surface area contributed by atoms with E-state index in [1.165, 1.54) is 71.8 Å². The number of amides is 2. The van der Waals surface area contributed by atoms with E-state index in [0.29, 0.717) is 22.8 Å². The number of rotatable bonds is 15. The lowest BCUT2D eigenvalue weighted by Crippen LogP contribution is -2.51. The number of benzene rings is 3. The van der Waals surface area contributed by atoms with Crippen molar-refractivity contribution in [2.75, 3.05) is 53.4 Å². The van der Waals surface area contributed by atoms with E-state index < -0.39 is 34.4 Å². The molecule has 3 rings (SSSR count). The minimum absolute atomic E-state index is 0.0153. The molecule has 0 spiro atoms. The van der Waals surface area contributed by atoms with Gasteiger partial charge in [-0.1, -0.05) is 19.1 Å². The number of hydrogen-bond donors (Lipinski definition) is 1. The highest BCUT2D eigenvalue weighted by Gasteiger charge is 2.35. The van der Waals surface area contributed by atoms with E-state index >= 15 is 0 Å². The van der Waals surface area contributed by atoms with Crippen molar-refractivity contribution in [1.82, 2.24) is 10.2 Å². The van der Waals surface area contributed by atoms with Crippen LogP contribution in [0.2, 0.25) is 0 Å². The Balaban J connectivity index is 2.20. The average molecular weight is 630 g/mol. The number of carbonyl (C=O) groups excluding carboxylic acids is 2. The van der Waals surface area contributed by atoms with E-state index in [2.05, 4.69) is 5.32 Å². The van der Waals surface area contributed by atoms with Crippen LogP contribution in [0.15, 0.2) is 65.6 Å². The van der Waals surface area contributed by atoms with Gasteiger partial charge in [-0.3, -0.25) is 13.9 Å². The maximum Gasteiger partial charge on any atom is 0.265 e. The summed E-state index contributed by atoms with van der Waals surface area (Å²) in [5, 5.41) is 2.61. The van der Waals surface area contributed by atoms with Crippen LogP contribution in [0.25, 0.3) is 0 Å². The second kappa shape index (κ2) is 15.2. The summed E-state index contributed by atoms with van der Waals surface area (Å²) < 4.78 is 56.5. The molecule has 0 aliphatic carbocycles. The third-order valence-corrected chi connectivity index (χ3v) is 8.75. The van der Waals surface area contributed by atoms with E-state index in [4.69, 9.17) is 23.7 Å². The summed E-state index contributed by atoms with van der Waals surface area (Å²) in [4.78, 5) is 28.4. The van der Waals surface area contributed by atoms with Crippen molar-refractivity contribution in [2.24, 2.45) is 0 Å². The Hall–Kier alpha value is -4.65. The van der Waals surface area contributed by atoms with E-state index in [9.17, 15) is 18.0 Å². The molecule has 0 aromatic heterocycles. The Morgan fingerprint density at radius 2 is 1.43 bits per heavy atom. The van der Waals surface area contributed by atoms with Crippen LogP contribution in [-0.4, -0.2) is 80.3 Å². The minimum atomic E-state index is -4.45. The number of ether oxygens (including phenoxy) is 5. The number of methoxy groups -OCH3 is 5. The van der Waals surface area contributed by atoms with Gasteiger partial charge in [0.05, 0.1) is 46.1 Å². The number of anilines is 1. The molecule has 0 fully saturated rings. The molecule has 13 heteroatoms. The van der Waals surface area contributed by atoms with Crippen molar-refractivity contribution in [3.63, 3.8) is 0 Å². The van der Waals surface area contributed by atoms with Crippen LogP contribution in [0.1, 0.15) is 18.9 Å². The fourth-order valence-corrected chi connectivity index (χ4v) is 6.10. The Morgan fingerprint density at radius 1 is 0.795 bits per heavy atom. The molecule has 238 valence electrons. The third-order valence-electron chi connectivity index (χ3n) is 7.00. The van der Waals surface area contributed by atoms with Gasteiger partial charge in [0.25, 0.3) is 10.0 Å². The Labute approximate surface area is 258 Å². The van der Waals surface area contributed by atoms with Crippen molar-refractivity contribution in [1.29, 1.82) is 0 Å². The molecule has 1 N–H and O–H groups in total. The number of likely N-dealkylation sites (N-methyl/N-ethyl adjacent to an activating group) is 1. The van der Waals surface area contributed by atoms with E-state index in [-0.39, 0.29) is 35.0 Å². The molecule has 3 aromatic carbocycles. The molecule has 3 aromatic rings. The van der Waals surface area contributed by atoms with E-state index in [1.54, 1.807) is 43.3 Å². The van der Waals surface area contributed by atoms with Crippen LogP contribution >= 0.6 is 0 Å². The molecular formula is C31H39N3O9S. The summed E-state index contributed by atoms with van der Waals surface area (Å²) >= 11 is 0. The zero-order valence-electron chi connectivity index (χ0n) is 25.9. The Morgan fingerprint density at radius 3 is 2.02 bits per heavy atom. The topological polar surface area (TPSA) is 133 Å². The number of carbonyl (C=O) groups is 2. The van der Waals surface area contributed by atoms with Gasteiger partial charge in [-0.05, 0) is 48.4 Å². The van der Waals surface area contributed by atoms with Gasteiger partial charge in [0, 0.05) is 25.7 Å². The smallest absolute Gasteiger partial charge is 0.265 e. The molecule has 44 heavy (non-hydrogen) atoms. The third kappa shape index (κ3) is 7.46. The van der Waals surface area contributed by atoms with Crippen molar-refractivity contribution in [3.05, 3.63) is 66.2 Å². The standard InChI is InChI=1S/C31H39N3O9S/c1-8-25(31(36)32-2)33(19-21-10-9-11-22(16-21)39-3)30(35)20-34(26-17-23(40-4)12-14-27(26)41-5)44(37,38)24-13-15-28(42-6)29(18-24)43-7/h9-18,25H,8,19-20H2,1-7H3,(H,32,36)/t25-/m1/s1.